The van der Waals surface area contributed by atoms with Crippen LogP contribution in [0.2, 0.25) is 0 Å². The van der Waals surface area contributed by atoms with Gasteiger partial charge in [0.05, 0.1) is 10.6 Å². The van der Waals surface area contributed by atoms with E-state index in [1.807, 2.05) is 0 Å². The molecule has 2 aliphatic rings. The number of anilines is 1. The number of hydrogen-bond donors (Lipinski definition) is 1. The van der Waals surface area contributed by atoms with Crippen LogP contribution in [0, 0.1) is 11.8 Å². The lowest BCUT2D eigenvalue weighted by Crippen LogP contribution is -2.45. The van der Waals surface area contributed by atoms with Gasteiger partial charge >= 0.3 is 0 Å². The Balaban J connectivity index is 1.58. The third kappa shape index (κ3) is 3.96. The number of fused-ring (bicyclic) bond motifs is 2. The second-order valence-electron chi connectivity index (χ2n) is 7.65. The summed E-state index contributed by atoms with van der Waals surface area (Å²) in [7, 11) is -3.85. The lowest BCUT2D eigenvalue weighted by atomic mass is 9.95. The minimum absolute atomic E-state index is 0.172. The van der Waals surface area contributed by atoms with Crippen LogP contribution < -0.4 is 9.62 Å². The maximum Gasteiger partial charge on any atom is 0.264 e. The van der Waals surface area contributed by atoms with E-state index in [4.69, 9.17) is 0 Å². The van der Waals surface area contributed by atoms with Gasteiger partial charge in [0.15, 0.2) is 0 Å². The minimum Gasteiger partial charge on any atom is -0.352 e. The number of nitrogens with zero attached hydrogens (tertiary/aromatic N) is 1. The largest absolute Gasteiger partial charge is 0.352 e. The fourth-order valence-corrected chi connectivity index (χ4v) is 6.15. The lowest BCUT2D eigenvalue weighted by Gasteiger charge is -2.27. The summed E-state index contributed by atoms with van der Waals surface area (Å²) >= 11 is 3.37. The van der Waals surface area contributed by atoms with Crippen LogP contribution in [0.5, 0.6) is 0 Å². The van der Waals surface area contributed by atoms with E-state index in [1.165, 1.54) is 17.1 Å². The Morgan fingerprint density at radius 1 is 1.04 bits per heavy atom. The molecule has 2 aliphatic carbocycles. The molecule has 1 amide bonds. The maximum atomic E-state index is 13.3. The molecule has 7 heteroatoms. The molecule has 1 N–H and O–H groups in total. The Hall–Kier alpha value is -1.86. The number of benzene rings is 2. The van der Waals surface area contributed by atoms with Crippen LogP contribution >= 0.6 is 15.9 Å². The summed E-state index contributed by atoms with van der Waals surface area (Å²) < 4.78 is 28.5. The van der Waals surface area contributed by atoms with E-state index in [2.05, 4.69) is 21.2 Å². The Kier molecular flexibility index (Phi) is 5.47. The van der Waals surface area contributed by atoms with Crippen LogP contribution in [-0.2, 0) is 14.8 Å². The van der Waals surface area contributed by atoms with Crippen molar-refractivity contribution in [1.29, 1.82) is 0 Å². The van der Waals surface area contributed by atoms with Crippen molar-refractivity contribution in [1.82, 2.24) is 5.32 Å². The van der Waals surface area contributed by atoms with Crippen LogP contribution in [-0.4, -0.2) is 26.9 Å². The molecule has 148 valence electrons. The third-order valence-electron chi connectivity index (χ3n) is 5.82. The third-order valence-corrected chi connectivity index (χ3v) is 8.13. The van der Waals surface area contributed by atoms with Crippen molar-refractivity contribution >= 4 is 37.5 Å². The zero-order valence-electron chi connectivity index (χ0n) is 15.4. The quantitative estimate of drug-likeness (QED) is 0.706. The van der Waals surface area contributed by atoms with Crippen LogP contribution in [0.1, 0.15) is 25.7 Å². The van der Waals surface area contributed by atoms with Crippen molar-refractivity contribution in [3.8, 4) is 0 Å². The molecular formula is C21H23BrN2O3S. The van der Waals surface area contributed by atoms with Crippen molar-refractivity contribution in [2.45, 2.75) is 36.6 Å². The van der Waals surface area contributed by atoms with Gasteiger partial charge in [0, 0.05) is 10.5 Å². The minimum atomic E-state index is -3.85. The van der Waals surface area contributed by atoms with Gasteiger partial charge in [-0.05, 0) is 67.5 Å². The Labute approximate surface area is 174 Å². The molecule has 0 spiro atoms. The Morgan fingerprint density at radius 3 is 2.36 bits per heavy atom. The van der Waals surface area contributed by atoms with E-state index in [0.717, 1.165) is 17.3 Å². The normalized spacial score (nSPS) is 23.5. The molecule has 28 heavy (non-hydrogen) atoms. The number of amides is 1. The topological polar surface area (TPSA) is 66.5 Å². The van der Waals surface area contributed by atoms with Gasteiger partial charge in [0.25, 0.3) is 10.0 Å². The molecule has 3 atom stereocenters. The fraction of sp³-hybridized carbons (Fsp3) is 0.381. The van der Waals surface area contributed by atoms with Gasteiger partial charge in [0.2, 0.25) is 5.91 Å². The smallest absolute Gasteiger partial charge is 0.264 e. The van der Waals surface area contributed by atoms with E-state index >= 15 is 0 Å². The summed E-state index contributed by atoms with van der Waals surface area (Å²) in [6.45, 7) is -0.229. The molecule has 0 radical (unpaired) electrons. The molecule has 5 nitrogen and oxygen atoms in total. The van der Waals surface area contributed by atoms with E-state index in [-0.39, 0.29) is 23.4 Å². The highest BCUT2D eigenvalue weighted by atomic mass is 79.9. The molecular weight excluding hydrogens is 440 g/mol. The Morgan fingerprint density at radius 2 is 1.75 bits per heavy atom. The van der Waals surface area contributed by atoms with Crippen molar-refractivity contribution in [2.24, 2.45) is 11.8 Å². The number of rotatable bonds is 6. The summed E-state index contributed by atoms with van der Waals surface area (Å²) in [5.41, 5.74) is 0.468. The lowest BCUT2D eigenvalue weighted by molar-refractivity contribution is -0.120. The van der Waals surface area contributed by atoms with Crippen LogP contribution in [0.3, 0.4) is 0 Å². The number of halogens is 1. The predicted octanol–water partition coefficient (Wildman–Crippen LogP) is 3.95. The molecule has 2 bridgehead atoms. The average molecular weight is 463 g/mol. The molecule has 2 aromatic carbocycles. The first kappa shape index (κ1) is 19.5. The number of hydrogen-bond acceptors (Lipinski definition) is 3. The molecule has 0 aromatic heterocycles. The zero-order chi connectivity index (χ0) is 19.7. The average Bonchev–Trinajstić information content (AvgIpc) is 3.31. The van der Waals surface area contributed by atoms with Gasteiger partial charge in [-0.15, -0.1) is 0 Å². The monoisotopic (exact) mass is 462 g/mol. The van der Waals surface area contributed by atoms with E-state index < -0.39 is 10.0 Å². The second-order valence-corrected chi connectivity index (χ2v) is 10.4. The van der Waals surface area contributed by atoms with E-state index in [9.17, 15) is 13.2 Å². The van der Waals surface area contributed by atoms with Gasteiger partial charge < -0.3 is 5.32 Å². The molecule has 2 saturated carbocycles. The van der Waals surface area contributed by atoms with Crippen LogP contribution in [0.25, 0.3) is 0 Å². The van der Waals surface area contributed by atoms with Gasteiger partial charge in [-0.2, -0.15) is 0 Å². The highest BCUT2D eigenvalue weighted by Crippen LogP contribution is 2.44. The first-order valence-electron chi connectivity index (χ1n) is 9.56. The summed E-state index contributed by atoms with van der Waals surface area (Å²) in [4.78, 5) is 12.9. The molecule has 2 fully saturated rings. The first-order valence-corrected chi connectivity index (χ1v) is 11.8. The molecule has 0 unspecified atom stereocenters. The number of carbonyl (C=O) groups is 1. The number of sulfonamides is 1. The zero-order valence-corrected chi connectivity index (χ0v) is 17.8. The van der Waals surface area contributed by atoms with Crippen LogP contribution in [0.4, 0.5) is 5.69 Å². The van der Waals surface area contributed by atoms with Crippen molar-refractivity contribution in [3.63, 3.8) is 0 Å². The first-order chi connectivity index (χ1) is 13.4. The Bertz CT molecular complexity index is 947. The molecule has 0 saturated heterocycles. The summed E-state index contributed by atoms with van der Waals surface area (Å²) in [6, 6.07) is 15.4. The highest BCUT2D eigenvalue weighted by Gasteiger charge is 2.40. The van der Waals surface area contributed by atoms with Crippen molar-refractivity contribution in [3.05, 3.63) is 59.1 Å². The molecule has 4 rings (SSSR count). The van der Waals surface area contributed by atoms with Gasteiger partial charge in [0.1, 0.15) is 6.54 Å². The van der Waals surface area contributed by atoms with Gasteiger partial charge in [-0.3, -0.25) is 9.10 Å². The van der Waals surface area contributed by atoms with Crippen LogP contribution in [0.15, 0.2) is 64.0 Å². The predicted molar refractivity (Wildman–Crippen MR) is 112 cm³/mol. The van der Waals surface area contributed by atoms with Gasteiger partial charge in [-0.25, -0.2) is 8.42 Å². The van der Waals surface area contributed by atoms with Crippen molar-refractivity contribution in [2.75, 3.05) is 10.8 Å². The van der Waals surface area contributed by atoms with E-state index in [0.29, 0.717) is 17.5 Å². The number of nitrogens with one attached hydrogen (secondary N) is 1. The van der Waals surface area contributed by atoms with Crippen molar-refractivity contribution < 1.29 is 13.2 Å². The van der Waals surface area contributed by atoms with E-state index in [1.54, 1.807) is 54.6 Å². The SMILES string of the molecule is O=C(CN(c1ccc(Br)cc1)S(=O)(=O)c1ccccc1)N[C@H]1C[C@H]2CC[C@@H]1C2. The highest BCUT2D eigenvalue weighted by molar-refractivity contribution is 9.10. The number of carbonyl (C=O) groups excluding carboxylic acids is 1. The summed E-state index contributed by atoms with van der Waals surface area (Å²) in [5.74, 6) is 1.01. The second kappa shape index (κ2) is 7.87. The molecule has 0 heterocycles. The maximum absolute atomic E-state index is 13.3. The molecule has 2 aromatic rings. The molecule has 0 aliphatic heterocycles. The fourth-order valence-electron chi connectivity index (χ4n) is 4.45. The van der Waals surface area contributed by atoms with Gasteiger partial charge in [-0.1, -0.05) is 40.5 Å². The standard InChI is InChI=1S/C21H23BrN2O3S/c22-17-8-10-18(11-9-17)24(28(26,27)19-4-2-1-3-5-19)14-21(25)23-20-13-15-6-7-16(20)12-15/h1-5,8-11,15-16,20H,6-7,12-14H2,(H,23,25)/t15-,16+,20-/m0/s1. The summed E-state index contributed by atoms with van der Waals surface area (Å²) in [6.07, 6.45) is 4.61. The summed E-state index contributed by atoms with van der Waals surface area (Å²) in [5, 5.41) is 3.09.